The summed E-state index contributed by atoms with van der Waals surface area (Å²) in [7, 11) is 0. The Hall–Kier alpha value is -2.58. The molecular formula is C20H16ClNO. The van der Waals surface area contributed by atoms with E-state index < -0.39 is 0 Å². The lowest BCUT2D eigenvalue weighted by atomic mass is 9.96. The summed E-state index contributed by atoms with van der Waals surface area (Å²) < 4.78 is 0. The van der Waals surface area contributed by atoms with Gasteiger partial charge in [0.15, 0.2) is 0 Å². The number of aromatic nitrogens is 1. The molecule has 0 fully saturated rings. The Morgan fingerprint density at radius 2 is 1.35 bits per heavy atom. The van der Waals surface area contributed by atoms with Gasteiger partial charge in [-0.05, 0) is 41.8 Å². The molecule has 4 rings (SSSR count). The van der Waals surface area contributed by atoms with Crippen LogP contribution in [0.5, 0.6) is 5.75 Å². The van der Waals surface area contributed by atoms with E-state index in [0.717, 1.165) is 23.0 Å². The monoisotopic (exact) mass is 321 g/mol. The molecule has 3 aromatic carbocycles. The summed E-state index contributed by atoms with van der Waals surface area (Å²) in [5.41, 5.74) is 4.38. The number of para-hydroxylation sites is 2. The number of hydrogen-bond acceptors (Lipinski definition) is 2. The first kappa shape index (κ1) is 15.3. The first-order valence-corrected chi connectivity index (χ1v) is 7.35. The SMILES string of the molecule is Cl.Oc1cccc(Cc2c3ccccc3nc3ccccc23)c1. The number of aromatic hydroxyl groups is 1. The molecular weight excluding hydrogens is 306 g/mol. The van der Waals surface area contributed by atoms with E-state index in [1.54, 1.807) is 6.07 Å². The van der Waals surface area contributed by atoms with Crippen LogP contribution < -0.4 is 0 Å². The number of nitrogens with zero attached hydrogens (tertiary/aromatic N) is 1. The molecule has 0 aliphatic heterocycles. The summed E-state index contributed by atoms with van der Waals surface area (Å²) >= 11 is 0. The second kappa shape index (κ2) is 6.27. The molecule has 0 bridgehead atoms. The fourth-order valence-corrected chi connectivity index (χ4v) is 2.99. The highest BCUT2D eigenvalue weighted by molar-refractivity contribution is 5.97. The minimum atomic E-state index is 0. The Kier molecular flexibility index (Phi) is 4.18. The molecule has 114 valence electrons. The molecule has 2 nitrogen and oxygen atoms in total. The quantitative estimate of drug-likeness (QED) is 0.521. The number of phenolic OH excluding ortho intramolecular Hbond substituents is 1. The summed E-state index contributed by atoms with van der Waals surface area (Å²) in [6.45, 7) is 0. The Morgan fingerprint density at radius 1 is 0.739 bits per heavy atom. The van der Waals surface area contributed by atoms with Crippen LogP contribution in [0.25, 0.3) is 21.8 Å². The van der Waals surface area contributed by atoms with Crippen LogP contribution in [0, 0.1) is 0 Å². The minimum Gasteiger partial charge on any atom is -0.508 e. The van der Waals surface area contributed by atoms with Crippen LogP contribution in [0.4, 0.5) is 0 Å². The van der Waals surface area contributed by atoms with Crippen molar-refractivity contribution in [2.75, 3.05) is 0 Å². The van der Waals surface area contributed by atoms with Gasteiger partial charge in [0.2, 0.25) is 0 Å². The average molecular weight is 322 g/mol. The number of benzene rings is 3. The van der Waals surface area contributed by atoms with Gasteiger partial charge < -0.3 is 5.11 Å². The maximum Gasteiger partial charge on any atom is 0.115 e. The standard InChI is InChI=1S/C20H15NO.ClH/c22-15-7-5-6-14(12-15)13-18-16-8-1-3-10-19(16)21-20-11-4-2-9-17(18)20;/h1-12,22H,13H2;1H. The van der Waals surface area contributed by atoms with Gasteiger partial charge in [0.1, 0.15) is 5.75 Å². The average Bonchev–Trinajstić information content (AvgIpc) is 2.55. The summed E-state index contributed by atoms with van der Waals surface area (Å²) in [5.74, 6) is 0.306. The number of fused-ring (bicyclic) bond motifs is 2. The summed E-state index contributed by atoms with van der Waals surface area (Å²) in [6.07, 6.45) is 0.776. The van der Waals surface area contributed by atoms with Gasteiger partial charge in [-0.2, -0.15) is 0 Å². The first-order valence-electron chi connectivity index (χ1n) is 7.35. The number of hydrogen-bond donors (Lipinski definition) is 1. The number of rotatable bonds is 2. The third-order valence-corrected chi connectivity index (χ3v) is 3.99. The molecule has 0 atom stereocenters. The zero-order valence-corrected chi connectivity index (χ0v) is 13.3. The van der Waals surface area contributed by atoms with Crippen molar-refractivity contribution in [3.05, 3.63) is 83.9 Å². The van der Waals surface area contributed by atoms with Crippen LogP contribution in [0.2, 0.25) is 0 Å². The van der Waals surface area contributed by atoms with Crippen molar-refractivity contribution in [1.29, 1.82) is 0 Å². The van der Waals surface area contributed by atoms with Crippen molar-refractivity contribution < 1.29 is 5.11 Å². The van der Waals surface area contributed by atoms with E-state index in [2.05, 4.69) is 12.1 Å². The molecule has 23 heavy (non-hydrogen) atoms. The van der Waals surface area contributed by atoms with E-state index in [0.29, 0.717) is 5.75 Å². The van der Waals surface area contributed by atoms with Gasteiger partial charge in [-0.1, -0.05) is 48.5 Å². The highest BCUT2D eigenvalue weighted by atomic mass is 35.5. The Morgan fingerprint density at radius 3 is 1.96 bits per heavy atom. The summed E-state index contributed by atoms with van der Waals surface area (Å²) in [4.78, 5) is 4.75. The van der Waals surface area contributed by atoms with Crippen LogP contribution >= 0.6 is 12.4 Å². The Labute approximate surface area is 140 Å². The maximum atomic E-state index is 9.71. The molecule has 1 N–H and O–H groups in total. The van der Waals surface area contributed by atoms with Gasteiger partial charge in [-0.3, -0.25) is 0 Å². The highest BCUT2D eigenvalue weighted by Gasteiger charge is 2.09. The second-order valence-electron chi connectivity index (χ2n) is 5.47. The van der Waals surface area contributed by atoms with Gasteiger partial charge in [-0.25, -0.2) is 4.98 Å². The molecule has 1 heterocycles. The third kappa shape index (κ3) is 2.86. The fourth-order valence-electron chi connectivity index (χ4n) is 2.99. The molecule has 0 unspecified atom stereocenters. The molecule has 0 radical (unpaired) electrons. The van der Waals surface area contributed by atoms with Crippen molar-refractivity contribution in [1.82, 2.24) is 4.98 Å². The summed E-state index contributed by atoms with van der Waals surface area (Å²) in [5, 5.41) is 12.0. The predicted octanol–water partition coefficient (Wildman–Crippen LogP) is 5.11. The van der Waals surface area contributed by atoms with Crippen molar-refractivity contribution in [2.24, 2.45) is 0 Å². The lowest BCUT2D eigenvalue weighted by Crippen LogP contribution is -1.94. The lowest BCUT2D eigenvalue weighted by Gasteiger charge is -2.11. The molecule has 0 saturated carbocycles. The molecule has 0 aliphatic carbocycles. The molecule has 0 spiro atoms. The Bertz CT molecular complexity index is 927. The Balaban J connectivity index is 0.00000156. The number of phenols is 1. The molecule has 1 aromatic heterocycles. The smallest absolute Gasteiger partial charge is 0.115 e. The van der Waals surface area contributed by atoms with Gasteiger partial charge >= 0.3 is 0 Å². The van der Waals surface area contributed by atoms with Gasteiger partial charge in [0.25, 0.3) is 0 Å². The topological polar surface area (TPSA) is 33.1 Å². The predicted molar refractivity (Wildman–Crippen MR) is 97.4 cm³/mol. The normalized spacial score (nSPS) is 10.6. The molecule has 3 heteroatoms. The summed E-state index contributed by atoms with van der Waals surface area (Å²) in [6, 6.07) is 23.9. The lowest BCUT2D eigenvalue weighted by molar-refractivity contribution is 0.474. The van der Waals surface area contributed by atoms with Crippen LogP contribution in [0.1, 0.15) is 11.1 Å². The van der Waals surface area contributed by atoms with E-state index in [9.17, 15) is 5.11 Å². The molecule has 0 amide bonds. The van der Waals surface area contributed by atoms with Crippen LogP contribution in [0.3, 0.4) is 0 Å². The van der Waals surface area contributed by atoms with Crippen molar-refractivity contribution in [3.63, 3.8) is 0 Å². The van der Waals surface area contributed by atoms with E-state index in [-0.39, 0.29) is 12.4 Å². The van der Waals surface area contributed by atoms with Crippen molar-refractivity contribution in [2.45, 2.75) is 6.42 Å². The highest BCUT2D eigenvalue weighted by Crippen LogP contribution is 2.28. The van der Waals surface area contributed by atoms with Crippen LogP contribution in [-0.2, 0) is 6.42 Å². The molecule has 4 aromatic rings. The van der Waals surface area contributed by atoms with Crippen LogP contribution in [0.15, 0.2) is 72.8 Å². The van der Waals surface area contributed by atoms with E-state index in [4.69, 9.17) is 4.98 Å². The van der Waals surface area contributed by atoms with Gasteiger partial charge in [0.05, 0.1) is 11.0 Å². The first-order chi connectivity index (χ1) is 10.8. The van der Waals surface area contributed by atoms with E-state index in [1.807, 2.05) is 54.6 Å². The van der Waals surface area contributed by atoms with Crippen LogP contribution in [-0.4, -0.2) is 10.1 Å². The zero-order chi connectivity index (χ0) is 14.9. The molecule has 0 saturated heterocycles. The fraction of sp³-hybridized carbons (Fsp3) is 0.0500. The van der Waals surface area contributed by atoms with E-state index in [1.165, 1.54) is 16.3 Å². The maximum absolute atomic E-state index is 9.71. The second-order valence-corrected chi connectivity index (χ2v) is 5.47. The van der Waals surface area contributed by atoms with Gasteiger partial charge in [0, 0.05) is 10.8 Å². The molecule has 0 aliphatic rings. The number of pyridine rings is 1. The minimum absolute atomic E-state index is 0. The third-order valence-electron chi connectivity index (χ3n) is 3.99. The van der Waals surface area contributed by atoms with Crippen molar-refractivity contribution in [3.8, 4) is 5.75 Å². The van der Waals surface area contributed by atoms with E-state index >= 15 is 0 Å². The van der Waals surface area contributed by atoms with Gasteiger partial charge in [-0.15, -0.1) is 12.4 Å². The largest absolute Gasteiger partial charge is 0.508 e. The van der Waals surface area contributed by atoms with Crippen molar-refractivity contribution >= 4 is 34.2 Å². The zero-order valence-electron chi connectivity index (χ0n) is 12.4. The number of halogens is 1.